The van der Waals surface area contributed by atoms with Crippen LogP contribution in [0.1, 0.15) is 59.6 Å². The van der Waals surface area contributed by atoms with Gasteiger partial charge in [-0.15, -0.1) is 0 Å². The number of hydrogen-bond donors (Lipinski definition) is 2. The van der Waals surface area contributed by atoms with Gasteiger partial charge >= 0.3 is 24.0 Å². The molecule has 43 heavy (non-hydrogen) atoms. The number of piperidine rings is 1. The number of hydrogen-bond acceptors (Lipinski definition) is 9. The monoisotopic (exact) mass is 593 g/mol. The summed E-state index contributed by atoms with van der Waals surface area (Å²) in [6.45, 7) is 4.35. The van der Waals surface area contributed by atoms with Gasteiger partial charge in [0.15, 0.2) is 0 Å². The molecular weight excluding hydrogens is 558 g/mol. The average molecular weight is 594 g/mol. The third-order valence-electron chi connectivity index (χ3n) is 7.81. The first-order valence-electron chi connectivity index (χ1n) is 14.0. The van der Waals surface area contributed by atoms with Crippen molar-refractivity contribution in [3.8, 4) is 0 Å². The number of rotatable bonds is 9. The molecule has 0 bridgehead atoms. The van der Waals surface area contributed by atoms with E-state index in [9.17, 15) is 29.3 Å². The smallest absolute Gasteiger partial charge is 0.337 e. The number of carbonyl (C=O) groups excluding carboxylic acids is 4. The summed E-state index contributed by atoms with van der Waals surface area (Å²) in [7, 11) is 2.56. The van der Waals surface area contributed by atoms with Crippen LogP contribution in [0.2, 0.25) is 0 Å². The molecule has 13 nitrogen and oxygen atoms in total. The van der Waals surface area contributed by atoms with E-state index in [1.165, 1.54) is 51.0 Å². The number of amides is 4. The molecule has 2 aromatic rings. The molecule has 1 atom stereocenters. The van der Waals surface area contributed by atoms with Crippen LogP contribution < -0.4 is 10.6 Å². The molecule has 0 radical (unpaired) electrons. The third kappa shape index (κ3) is 7.17. The zero-order chi connectivity index (χ0) is 31.1. The van der Waals surface area contributed by atoms with Crippen molar-refractivity contribution in [2.24, 2.45) is 0 Å². The van der Waals surface area contributed by atoms with Crippen molar-refractivity contribution in [2.45, 2.75) is 38.1 Å². The molecule has 1 saturated heterocycles. The van der Waals surface area contributed by atoms with Crippen molar-refractivity contribution >= 4 is 29.7 Å². The highest BCUT2D eigenvalue weighted by atomic mass is 16.6. The molecule has 13 heteroatoms. The molecule has 2 aromatic carbocycles. The number of nitro groups is 1. The normalized spacial score (nSPS) is 17.7. The lowest BCUT2D eigenvalue weighted by molar-refractivity contribution is -0.384. The molecule has 2 aliphatic rings. The minimum Gasteiger partial charge on any atom is -0.466 e. The van der Waals surface area contributed by atoms with Gasteiger partial charge in [0.25, 0.3) is 5.69 Å². The third-order valence-corrected chi connectivity index (χ3v) is 7.81. The summed E-state index contributed by atoms with van der Waals surface area (Å²) < 4.78 is 9.68. The van der Waals surface area contributed by atoms with E-state index in [-0.39, 0.29) is 22.9 Å². The van der Waals surface area contributed by atoms with Crippen LogP contribution in [0.5, 0.6) is 0 Å². The number of benzene rings is 2. The molecule has 2 heterocycles. The first-order chi connectivity index (χ1) is 20.6. The number of ether oxygens (including phenoxy) is 2. The van der Waals surface area contributed by atoms with Crippen LogP contribution in [-0.2, 0) is 14.3 Å². The topological polar surface area (TPSA) is 160 Å². The summed E-state index contributed by atoms with van der Waals surface area (Å²) in [6.07, 6.45) is 2.58. The number of nitrogens with zero attached hydrogens (tertiary/aromatic N) is 3. The number of urea groups is 2. The van der Waals surface area contributed by atoms with Crippen molar-refractivity contribution in [2.75, 3.05) is 40.4 Å². The number of allylic oxidation sites excluding steroid dienone is 1. The lowest BCUT2D eigenvalue weighted by Crippen LogP contribution is -2.54. The first kappa shape index (κ1) is 31.2. The standard InChI is InChI=1S/C30H35N5O8/c1-19-25(28(37)43-3)26(22-9-11-24(12-10-22)35(40)41)34(30(39)32-19)29(38)31-15-4-16-33-17-13-21(14-18-33)20-5-7-23(8-6-20)27(36)42-2/h5-12,21,26H,4,13-18H2,1-3H3,(H,31,38)(H,32,39). The number of nitro benzene ring substituents is 1. The lowest BCUT2D eigenvalue weighted by Gasteiger charge is -2.36. The summed E-state index contributed by atoms with van der Waals surface area (Å²) in [5, 5.41) is 16.5. The molecule has 228 valence electrons. The molecule has 0 saturated carbocycles. The largest absolute Gasteiger partial charge is 0.466 e. The number of non-ortho nitro benzene ring substituents is 1. The predicted molar refractivity (Wildman–Crippen MR) is 155 cm³/mol. The van der Waals surface area contributed by atoms with Crippen LogP contribution in [-0.4, -0.2) is 79.1 Å². The highest BCUT2D eigenvalue weighted by Crippen LogP contribution is 2.35. The Hall–Kier alpha value is -4.78. The van der Waals surface area contributed by atoms with Crippen LogP contribution in [0.4, 0.5) is 15.3 Å². The zero-order valence-corrected chi connectivity index (χ0v) is 24.3. The number of carbonyl (C=O) groups is 4. The fourth-order valence-corrected chi connectivity index (χ4v) is 5.50. The van der Waals surface area contributed by atoms with Crippen molar-refractivity contribution in [1.29, 1.82) is 0 Å². The Kier molecular flexibility index (Phi) is 10.1. The molecule has 4 amide bonds. The van der Waals surface area contributed by atoms with E-state index in [0.29, 0.717) is 30.0 Å². The van der Waals surface area contributed by atoms with Gasteiger partial charge < -0.3 is 25.0 Å². The number of imide groups is 1. The summed E-state index contributed by atoms with van der Waals surface area (Å²) in [5.74, 6) is -0.690. The number of methoxy groups -OCH3 is 2. The molecule has 0 aromatic heterocycles. The summed E-state index contributed by atoms with van der Waals surface area (Å²) in [6, 6.07) is 10.3. The fraction of sp³-hybridized carbons (Fsp3) is 0.400. The van der Waals surface area contributed by atoms with Crippen LogP contribution in [0.15, 0.2) is 59.8 Å². The van der Waals surface area contributed by atoms with Gasteiger partial charge in [0.05, 0.1) is 30.3 Å². The molecule has 2 aliphatic heterocycles. The van der Waals surface area contributed by atoms with Gasteiger partial charge in [-0.1, -0.05) is 12.1 Å². The van der Waals surface area contributed by atoms with Gasteiger partial charge in [-0.25, -0.2) is 24.1 Å². The number of likely N-dealkylation sites (tertiary alicyclic amines) is 1. The minimum atomic E-state index is -1.14. The minimum absolute atomic E-state index is 0.0499. The van der Waals surface area contributed by atoms with Crippen LogP contribution in [0.3, 0.4) is 0 Å². The highest BCUT2D eigenvalue weighted by molar-refractivity contribution is 6.01. The summed E-state index contributed by atoms with van der Waals surface area (Å²) in [4.78, 5) is 64.4. The SMILES string of the molecule is COC(=O)C1=C(C)NC(=O)N(C(=O)NCCCN2CCC(c3ccc(C(=O)OC)cc3)CC2)C1c1ccc([N+](=O)[O-])cc1. The lowest BCUT2D eigenvalue weighted by atomic mass is 9.89. The Morgan fingerprint density at radius 1 is 0.977 bits per heavy atom. The van der Waals surface area contributed by atoms with E-state index in [1.807, 2.05) is 12.1 Å². The Bertz CT molecular complexity index is 1400. The second-order valence-electron chi connectivity index (χ2n) is 10.4. The highest BCUT2D eigenvalue weighted by Gasteiger charge is 2.42. The average Bonchev–Trinajstić information content (AvgIpc) is 3.02. The molecular formula is C30H35N5O8. The summed E-state index contributed by atoms with van der Waals surface area (Å²) >= 11 is 0. The summed E-state index contributed by atoms with van der Waals surface area (Å²) in [5.41, 5.74) is 2.18. The molecule has 1 fully saturated rings. The van der Waals surface area contributed by atoms with E-state index < -0.39 is 29.0 Å². The molecule has 1 unspecified atom stereocenters. The van der Waals surface area contributed by atoms with Crippen molar-refractivity contribution in [3.63, 3.8) is 0 Å². The van der Waals surface area contributed by atoms with Gasteiger partial charge in [-0.3, -0.25) is 10.1 Å². The van der Waals surface area contributed by atoms with Crippen LogP contribution in [0, 0.1) is 10.1 Å². The van der Waals surface area contributed by atoms with Crippen molar-refractivity contribution in [3.05, 3.63) is 86.6 Å². The second kappa shape index (κ2) is 13.9. The van der Waals surface area contributed by atoms with Gasteiger partial charge in [0, 0.05) is 24.4 Å². The molecule has 0 spiro atoms. The van der Waals surface area contributed by atoms with E-state index in [4.69, 9.17) is 9.47 Å². The maximum atomic E-state index is 13.3. The Labute approximate surface area is 249 Å². The maximum absolute atomic E-state index is 13.3. The van der Waals surface area contributed by atoms with Gasteiger partial charge in [0.2, 0.25) is 0 Å². The van der Waals surface area contributed by atoms with Crippen molar-refractivity contribution in [1.82, 2.24) is 20.4 Å². The van der Waals surface area contributed by atoms with Crippen LogP contribution >= 0.6 is 0 Å². The Morgan fingerprint density at radius 3 is 2.16 bits per heavy atom. The Morgan fingerprint density at radius 2 is 1.58 bits per heavy atom. The fourth-order valence-electron chi connectivity index (χ4n) is 5.50. The van der Waals surface area contributed by atoms with Gasteiger partial charge in [-0.05, 0) is 87.1 Å². The quantitative estimate of drug-likeness (QED) is 0.190. The van der Waals surface area contributed by atoms with Gasteiger partial charge in [-0.2, -0.15) is 0 Å². The second-order valence-corrected chi connectivity index (χ2v) is 10.4. The zero-order valence-electron chi connectivity index (χ0n) is 24.3. The number of esters is 2. The van der Waals surface area contributed by atoms with Crippen LogP contribution in [0.25, 0.3) is 0 Å². The van der Waals surface area contributed by atoms with Gasteiger partial charge in [0.1, 0.15) is 6.04 Å². The van der Waals surface area contributed by atoms with E-state index in [0.717, 1.165) is 37.4 Å². The maximum Gasteiger partial charge on any atom is 0.337 e. The van der Waals surface area contributed by atoms with E-state index in [2.05, 4.69) is 15.5 Å². The Balaban J connectivity index is 1.34. The predicted octanol–water partition coefficient (Wildman–Crippen LogP) is 3.87. The molecule has 0 aliphatic carbocycles. The first-order valence-corrected chi connectivity index (χ1v) is 14.0. The molecule has 4 rings (SSSR count). The van der Waals surface area contributed by atoms with E-state index >= 15 is 0 Å². The van der Waals surface area contributed by atoms with E-state index in [1.54, 1.807) is 12.1 Å². The van der Waals surface area contributed by atoms with Crippen molar-refractivity contribution < 1.29 is 33.6 Å². The number of nitrogens with one attached hydrogen (secondary N) is 2. The molecule has 2 N–H and O–H groups in total.